The highest BCUT2D eigenvalue weighted by atomic mass is 16.2. The molecule has 0 aromatic carbocycles. The number of H-pyrrole nitrogens is 1. The molecule has 7 nitrogen and oxygen atoms in total. The molecule has 1 unspecified atom stereocenters. The van der Waals surface area contributed by atoms with Crippen molar-refractivity contribution in [1.29, 1.82) is 0 Å². The van der Waals surface area contributed by atoms with Crippen molar-refractivity contribution in [3.63, 3.8) is 0 Å². The molecule has 0 bridgehead atoms. The van der Waals surface area contributed by atoms with Gasteiger partial charge in [-0.15, -0.1) is 0 Å². The zero-order chi connectivity index (χ0) is 12.1. The summed E-state index contributed by atoms with van der Waals surface area (Å²) < 4.78 is 1.52. The molecule has 90 valence electrons. The molecule has 2 N–H and O–H groups in total. The molecule has 2 heterocycles. The molecule has 1 amide bonds. The molecular formula is C10H14N6O. The van der Waals surface area contributed by atoms with Crippen molar-refractivity contribution in [3.05, 3.63) is 30.9 Å². The number of aromatic amines is 1. The van der Waals surface area contributed by atoms with Gasteiger partial charge in [-0.3, -0.25) is 4.79 Å². The van der Waals surface area contributed by atoms with Crippen LogP contribution in [-0.4, -0.2) is 37.2 Å². The molecule has 17 heavy (non-hydrogen) atoms. The number of amides is 1. The molecule has 0 saturated heterocycles. The zero-order valence-corrected chi connectivity index (χ0v) is 9.50. The topological polar surface area (TPSA) is 88.5 Å². The molecular weight excluding hydrogens is 220 g/mol. The summed E-state index contributed by atoms with van der Waals surface area (Å²) in [5.41, 5.74) is 0.999. The number of carbonyl (C=O) groups is 1. The van der Waals surface area contributed by atoms with Crippen LogP contribution in [0.2, 0.25) is 0 Å². The Morgan fingerprint density at radius 3 is 3.12 bits per heavy atom. The van der Waals surface area contributed by atoms with Gasteiger partial charge < -0.3 is 10.3 Å². The van der Waals surface area contributed by atoms with E-state index in [4.69, 9.17) is 0 Å². The van der Waals surface area contributed by atoms with Crippen LogP contribution in [0.25, 0.3) is 0 Å². The fourth-order valence-corrected chi connectivity index (χ4v) is 1.43. The quantitative estimate of drug-likeness (QED) is 0.757. The van der Waals surface area contributed by atoms with E-state index in [2.05, 4.69) is 25.4 Å². The van der Waals surface area contributed by atoms with Crippen LogP contribution in [0.15, 0.2) is 25.2 Å². The molecule has 2 rings (SSSR count). The van der Waals surface area contributed by atoms with E-state index in [0.717, 1.165) is 12.1 Å². The Morgan fingerprint density at radius 2 is 2.47 bits per heavy atom. The largest absolute Gasteiger partial charge is 0.354 e. The van der Waals surface area contributed by atoms with Crippen LogP contribution in [0, 0.1) is 0 Å². The van der Waals surface area contributed by atoms with Crippen LogP contribution in [-0.2, 0) is 11.2 Å². The van der Waals surface area contributed by atoms with Crippen LogP contribution in [0.3, 0.4) is 0 Å². The maximum atomic E-state index is 11.7. The number of hydrogen-bond donors (Lipinski definition) is 2. The highest BCUT2D eigenvalue weighted by Gasteiger charge is 2.14. The molecule has 2 aromatic heterocycles. The standard InChI is InChI=1S/C10H14N6O/c1-8(16-7-12-6-15-16)10(17)13-3-2-9-4-11-5-14-9/h4-8H,2-3H2,1H3,(H,11,14)(H,13,17). The minimum atomic E-state index is -0.348. The number of carbonyl (C=O) groups excluding carboxylic acids is 1. The van der Waals surface area contributed by atoms with Gasteiger partial charge in [0.25, 0.3) is 0 Å². The van der Waals surface area contributed by atoms with Crippen molar-refractivity contribution in [2.75, 3.05) is 6.54 Å². The number of nitrogens with one attached hydrogen (secondary N) is 2. The average molecular weight is 234 g/mol. The molecule has 0 aliphatic carbocycles. The van der Waals surface area contributed by atoms with E-state index in [1.807, 2.05) is 0 Å². The minimum absolute atomic E-state index is 0.0741. The van der Waals surface area contributed by atoms with Gasteiger partial charge in [0, 0.05) is 24.9 Å². The van der Waals surface area contributed by atoms with Gasteiger partial charge in [-0.25, -0.2) is 14.6 Å². The molecule has 0 spiro atoms. The predicted octanol–water partition coefficient (Wildman–Crippen LogP) is -0.0789. The smallest absolute Gasteiger partial charge is 0.244 e. The summed E-state index contributed by atoms with van der Waals surface area (Å²) in [5, 5.41) is 6.76. The van der Waals surface area contributed by atoms with Crippen molar-refractivity contribution in [3.8, 4) is 0 Å². The third kappa shape index (κ3) is 2.90. The Hall–Kier alpha value is -2.18. The summed E-state index contributed by atoms with van der Waals surface area (Å²) in [6, 6.07) is -0.348. The molecule has 0 saturated carbocycles. The van der Waals surface area contributed by atoms with Crippen LogP contribution < -0.4 is 5.32 Å². The van der Waals surface area contributed by atoms with Crippen molar-refractivity contribution in [2.45, 2.75) is 19.4 Å². The fourth-order valence-electron chi connectivity index (χ4n) is 1.43. The van der Waals surface area contributed by atoms with Crippen LogP contribution in [0.5, 0.6) is 0 Å². The van der Waals surface area contributed by atoms with E-state index in [9.17, 15) is 4.79 Å². The Morgan fingerprint density at radius 1 is 1.59 bits per heavy atom. The lowest BCUT2D eigenvalue weighted by atomic mass is 10.3. The SMILES string of the molecule is CC(C(=O)NCCc1cnc[nH]1)n1cncn1. The van der Waals surface area contributed by atoms with Crippen LogP contribution >= 0.6 is 0 Å². The van der Waals surface area contributed by atoms with Gasteiger partial charge in [0.2, 0.25) is 5.91 Å². The number of rotatable bonds is 5. The van der Waals surface area contributed by atoms with Gasteiger partial charge in [-0.2, -0.15) is 5.10 Å². The lowest BCUT2D eigenvalue weighted by molar-refractivity contribution is -0.124. The van der Waals surface area contributed by atoms with Gasteiger partial charge in [0.1, 0.15) is 18.7 Å². The lowest BCUT2D eigenvalue weighted by Gasteiger charge is -2.11. The van der Waals surface area contributed by atoms with Gasteiger partial charge in [0.05, 0.1) is 6.33 Å². The van der Waals surface area contributed by atoms with Crippen LogP contribution in [0.4, 0.5) is 0 Å². The predicted molar refractivity (Wildman–Crippen MR) is 60.0 cm³/mol. The number of imidazole rings is 1. The second-order valence-corrected chi connectivity index (χ2v) is 3.67. The Labute approximate surface area is 98.3 Å². The van der Waals surface area contributed by atoms with Gasteiger partial charge in [-0.05, 0) is 6.92 Å². The maximum absolute atomic E-state index is 11.7. The first kappa shape index (κ1) is 11.3. The van der Waals surface area contributed by atoms with Crippen LogP contribution in [0.1, 0.15) is 18.7 Å². The first-order valence-corrected chi connectivity index (χ1v) is 5.36. The maximum Gasteiger partial charge on any atom is 0.244 e. The van der Waals surface area contributed by atoms with E-state index in [1.54, 1.807) is 19.4 Å². The van der Waals surface area contributed by atoms with E-state index >= 15 is 0 Å². The molecule has 7 heteroatoms. The lowest BCUT2D eigenvalue weighted by Crippen LogP contribution is -2.32. The summed E-state index contributed by atoms with van der Waals surface area (Å²) in [6.07, 6.45) is 7.03. The second kappa shape index (κ2) is 5.24. The zero-order valence-electron chi connectivity index (χ0n) is 9.50. The van der Waals surface area contributed by atoms with Crippen molar-refractivity contribution in [2.24, 2.45) is 0 Å². The summed E-state index contributed by atoms with van der Waals surface area (Å²) in [6.45, 7) is 2.35. The monoisotopic (exact) mass is 234 g/mol. The molecule has 1 atom stereocenters. The number of aromatic nitrogens is 5. The summed E-state index contributed by atoms with van der Waals surface area (Å²) in [7, 11) is 0. The third-order valence-electron chi connectivity index (χ3n) is 2.46. The summed E-state index contributed by atoms with van der Waals surface area (Å²) >= 11 is 0. The van der Waals surface area contributed by atoms with Crippen molar-refractivity contribution < 1.29 is 4.79 Å². The minimum Gasteiger partial charge on any atom is -0.354 e. The summed E-state index contributed by atoms with van der Waals surface area (Å²) in [4.78, 5) is 22.4. The number of hydrogen-bond acceptors (Lipinski definition) is 4. The average Bonchev–Trinajstić information content (AvgIpc) is 3.00. The first-order valence-electron chi connectivity index (χ1n) is 5.36. The van der Waals surface area contributed by atoms with Gasteiger partial charge >= 0.3 is 0 Å². The molecule has 0 aliphatic rings. The van der Waals surface area contributed by atoms with E-state index in [1.165, 1.54) is 17.3 Å². The van der Waals surface area contributed by atoms with Gasteiger partial charge in [-0.1, -0.05) is 0 Å². The number of nitrogens with zero attached hydrogens (tertiary/aromatic N) is 4. The summed E-state index contributed by atoms with van der Waals surface area (Å²) in [5.74, 6) is -0.0741. The Balaban J connectivity index is 1.77. The molecule has 0 fully saturated rings. The molecule has 0 aliphatic heterocycles. The highest BCUT2D eigenvalue weighted by molar-refractivity contribution is 5.79. The third-order valence-corrected chi connectivity index (χ3v) is 2.46. The fraction of sp³-hybridized carbons (Fsp3) is 0.400. The Kier molecular flexibility index (Phi) is 3.49. The van der Waals surface area contributed by atoms with Gasteiger partial charge in [0.15, 0.2) is 0 Å². The first-order chi connectivity index (χ1) is 8.27. The van der Waals surface area contributed by atoms with E-state index in [0.29, 0.717) is 6.54 Å². The molecule has 2 aromatic rings. The Bertz CT molecular complexity index is 449. The molecule has 0 radical (unpaired) electrons. The van der Waals surface area contributed by atoms with E-state index < -0.39 is 0 Å². The van der Waals surface area contributed by atoms with E-state index in [-0.39, 0.29) is 11.9 Å². The second-order valence-electron chi connectivity index (χ2n) is 3.67. The van der Waals surface area contributed by atoms with Crippen molar-refractivity contribution >= 4 is 5.91 Å². The highest BCUT2D eigenvalue weighted by Crippen LogP contribution is 2.01. The van der Waals surface area contributed by atoms with Crippen molar-refractivity contribution in [1.82, 2.24) is 30.0 Å². The normalized spacial score (nSPS) is 12.3.